The molecule has 3 aromatic rings. The van der Waals surface area contributed by atoms with Crippen LogP contribution in [0.3, 0.4) is 0 Å². The smallest absolute Gasteiger partial charge is 0.232 e. The second kappa shape index (κ2) is 12.2. The van der Waals surface area contributed by atoms with Gasteiger partial charge in [-0.25, -0.2) is 4.98 Å². The van der Waals surface area contributed by atoms with Gasteiger partial charge in [-0.15, -0.1) is 0 Å². The van der Waals surface area contributed by atoms with Gasteiger partial charge in [0.2, 0.25) is 11.8 Å². The standard InChI is InChI=1S/C28H33N5O4/c1-3-36-23-8-4-5-9-24(23)37-22-7-6-14-33(18-22)27-17-30-16-26(31-27)32-28(35)19(2)21-12-10-20(11-13-21)15-25(29)34/h4-5,8-13,16-17,19,22H,3,6-7,14-15,18H2,1-2H3,(H2,29,34)(H,31,32,35). The summed E-state index contributed by atoms with van der Waals surface area (Å²) in [6.07, 6.45) is 5.27. The lowest BCUT2D eigenvalue weighted by Crippen LogP contribution is -2.41. The number of amides is 2. The molecule has 1 aliphatic rings. The minimum Gasteiger partial charge on any atom is -0.490 e. The van der Waals surface area contributed by atoms with Gasteiger partial charge in [-0.3, -0.25) is 14.6 Å². The summed E-state index contributed by atoms with van der Waals surface area (Å²) in [5, 5.41) is 2.88. The van der Waals surface area contributed by atoms with Crippen molar-refractivity contribution >= 4 is 23.5 Å². The summed E-state index contributed by atoms with van der Waals surface area (Å²) >= 11 is 0. The third kappa shape index (κ3) is 6.97. The lowest BCUT2D eigenvalue weighted by atomic mass is 9.98. The SMILES string of the molecule is CCOc1ccccc1OC1CCCN(c2cncc(NC(=O)C(C)c3ccc(CC(N)=O)cc3)n2)C1. The number of nitrogens with two attached hydrogens (primary N) is 1. The van der Waals surface area contributed by atoms with Gasteiger partial charge in [-0.05, 0) is 49.9 Å². The zero-order valence-corrected chi connectivity index (χ0v) is 21.2. The Labute approximate surface area is 217 Å². The minimum absolute atomic E-state index is 0.0204. The van der Waals surface area contributed by atoms with Gasteiger partial charge < -0.3 is 25.4 Å². The maximum absolute atomic E-state index is 12.9. The molecule has 9 nitrogen and oxygen atoms in total. The predicted octanol–water partition coefficient (Wildman–Crippen LogP) is 3.69. The summed E-state index contributed by atoms with van der Waals surface area (Å²) in [6.45, 7) is 5.83. The van der Waals surface area contributed by atoms with E-state index in [-0.39, 0.29) is 24.3 Å². The molecule has 194 valence electrons. The molecule has 2 atom stereocenters. The van der Waals surface area contributed by atoms with Crippen LogP contribution in [0, 0.1) is 0 Å². The summed E-state index contributed by atoms with van der Waals surface area (Å²) in [7, 11) is 0. The third-order valence-corrected chi connectivity index (χ3v) is 6.27. The van der Waals surface area contributed by atoms with E-state index in [0.717, 1.165) is 42.0 Å². The molecule has 1 saturated heterocycles. The number of carbonyl (C=O) groups excluding carboxylic acids is 2. The molecule has 4 rings (SSSR count). The Kier molecular flexibility index (Phi) is 8.56. The molecule has 1 aromatic heterocycles. The molecule has 3 N–H and O–H groups in total. The first-order chi connectivity index (χ1) is 17.9. The zero-order valence-electron chi connectivity index (χ0n) is 21.2. The number of piperidine rings is 1. The first kappa shape index (κ1) is 25.9. The number of hydrogen-bond donors (Lipinski definition) is 2. The molecule has 1 fully saturated rings. The number of nitrogens with one attached hydrogen (secondary N) is 1. The largest absolute Gasteiger partial charge is 0.490 e. The number of para-hydroxylation sites is 2. The van der Waals surface area contributed by atoms with Crippen molar-refractivity contribution in [1.29, 1.82) is 0 Å². The number of anilines is 2. The van der Waals surface area contributed by atoms with E-state index in [4.69, 9.17) is 15.2 Å². The third-order valence-electron chi connectivity index (χ3n) is 6.27. The van der Waals surface area contributed by atoms with Gasteiger partial charge >= 0.3 is 0 Å². The van der Waals surface area contributed by atoms with Crippen LogP contribution in [0.2, 0.25) is 0 Å². The number of aromatic nitrogens is 2. The Morgan fingerprint density at radius 3 is 2.62 bits per heavy atom. The van der Waals surface area contributed by atoms with E-state index >= 15 is 0 Å². The maximum Gasteiger partial charge on any atom is 0.232 e. The average molecular weight is 504 g/mol. The fraction of sp³-hybridized carbons (Fsp3) is 0.357. The second-order valence-corrected chi connectivity index (χ2v) is 9.07. The average Bonchev–Trinajstić information content (AvgIpc) is 2.90. The Bertz CT molecular complexity index is 1220. The van der Waals surface area contributed by atoms with Gasteiger partial charge in [0.15, 0.2) is 17.3 Å². The predicted molar refractivity (Wildman–Crippen MR) is 142 cm³/mol. The molecule has 2 heterocycles. The van der Waals surface area contributed by atoms with Crippen LogP contribution in [-0.4, -0.2) is 47.6 Å². The van der Waals surface area contributed by atoms with Crippen LogP contribution < -0.4 is 25.4 Å². The van der Waals surface area contributed by atoms with Crippen LogP contribution in [0.4, 0.5) is 11.6 Å². The molecule has 0 saturated carbocycles. The van der Waals surface area contributed by atoms with Crippen molar-refractivity contribution in [3.8, 4) is 11.5 Å². The second-order valence-electron chi connectivity index (χ2n) is 9.07. The molecular formula is C28H33N5O4. The molecule has 0 aliphatic carbocycles. The number of primary amides is 1. The quantitative estimate of drug-likeness (QED) is 0.433. The highest BCUT2D eigenvalue weighted by Crippen LogP contribution is 2.30. The molecule has 9 heteroatoms. The van der Waals surface area contributed by atoms with Gasteiger partial charge in [-0.2, -0.15) is 0 Å². The monoisotopic (exact) mass is 503 g/mol. The fourth-order valence-electron chi connectivity index (χ4n) is 4.32. The first-order valence-electron chi connectivity index (χ1n) is 12.6. The first-order valence-corrected chi connectivity index (χ1v) is 12.6. The normalized spacial score (nSPS) is 16.1. The van der Waals surface area contributed by atoms with Crippen molar-refractivity contribution in [3.63, 3.8) is 0 Å². The topological polar surface area (TPSA) is 120 Å². The number of ether oxygens (including phenoxy) is 2. The lowest BCUT2D eigenvalue weighted by molar-refractivity contribution is -0.118. The summed E-state index contributed by atoms with van der Waals surface area (Å²) < 4.78 is 12.0. The Hall–Kier alpha value is -4.14. The van der Waals surface area contributed by atoms with Crippen LogP contribution in [0.5, 0.6) is 11.5 Å². The summed E-state index contributed by atoms with van der Waals surface area (Å²) in [6, 6.07) is 15.0. The van der Waals surface area contributed by atoms with Gasteiger partial charge in [0, 0.05) is 6.54 Å². The van der Waals surface area contributed by atoms with Gasteiger partial charge in [-0.1, -0.05) is 36.4 Å². The molecule has 2 unspecified atom stereocenters. The number of benzene rings is 2. The number of carbonyl (C=O) groups is 2. The van der Waals surface area contributed by atoms with Crippen LogP contribution >= 0.6 is 0 Å². The maximum atomic E-state index is 12.9. The highest BCUT2D eigenvalue weighted by Gasteiger charge is 2.24. The van der Waals surface area contributed by atoms with E-state index in [1.54, 1.807) is 12.4 Å². The van der Waals surface area contributed by atoms with E-state index in [1.807, 2.05) is 62.4 Å². The van der Waals surface area contributed by atoms with Crippen molar-refractivity contribution in [2.75, 3.05) is 29.9 Å². The van der Waals surface area contributed by atoms with E-state index in [9.17, 15) is 9.59 Å². The minimum atomic E-state index is -0.411. The van der Waals surface area contributed by atoms with Crippen LogP contribution in [0.25, 0.3) is 0 Å². The van der Waals surface area contributed by atoms with Crippen LogP contribution in [-0.2, 0) is 16.0 Å². The van der Waals surface area contributed by atoms with E-state index in [2.05, 4.69) is 20.2 Å². The molecule has 2 amide bonds. The van der Waals surface area contributed by atoms with Gasteiger partial charge in [0.05, 0.1) is 37.9 Å². The molecule has 2 aromatic carbocycles. The van der Waals surface area contributed by atoms with Gasteiger partial charge in [0.25, 0.3) is 0 Å². The Morgan fingerprint density at radius 1 is 1.14 bits per heavy atom. The number of rotatable bonds is 10. The van der Waals surface area contributed by atoms with Crippen LogP contribution in [0.1, 0.15) is 43.7 Å². The molecule has 37 heavy (non-hydrogen) atoms. The molecule has 0 spiro atoms. The highest BCUT2D eigenvalue weighted by molar-refractivity contribution is 5.94. The summed E-state index contributed by atoms with van der Waals surface area (Å²) in [5.74, 6) is 1.56. The summed E-state index contributed by atoms with van der Waals surface area (Å²) in [4.78, 5) is 35.1. The van der Waals surface area contributed by atoms with Crippen molar-refractivity contribution < 1.29 is 19.1 Å². The number of hydrogen-bond acceptors (Lipinski definition) is 7. The van der Waals surface area contributed by atoms with Crippen molar-refractivity contribution in [3.05, 3.63) is 72.1 Å². The molecule has 0 bridgehead atoms. The number of nitrogens with zero attached hydrogens (tertiary/aromatic N) is 3. The van der Waals surface area contributed by atoms with E-state index in [1.165, 1.54) is 0 Å². The molecular weight excluding hydrogens is 470 g/mol. The summed E-state index contributed by atoms with van der Waals surface area (Å²) in [5.41, 5.74) is 6.89. The van der Waals surface area contributed by atoms with Crippen LogP contribution in [0.15, 0.2) is 60.9 Å². The van der Waals surface area contributed by atoms with Crippen molar-refractivity contribution in [1.82, 2.24) is 9.97 Å². The Morgan fingerprint density at radius 2 is 1.89 bits per heavy atom. The lowest BCUT2D eigenvalue weighted by Gasteiger charge is -2.33. The molecule has 1 aliphatic heterocycles. The van der Waals surface area contributed by atoms with Crippen molar-refractivity contribution in [2.24, 2.45) is 5.73 Å². The fourth-order valence-corrected chi connectivity index (χ4v) is 4.32. The van der Waals surface area contributed by atoms with E-state index < -0.39 is 5.92 Å². The van der Waals surface area contributed by atoms with Gasteiger partial charge in [0.1, 0.15) is 11.9 Å². The highest BCUT2D eigenvalue weighted by atomic mass is 16.5. The van der Waals surface area contributed by atoms with Crippen molar-refractivity contribution in [2.45, 2.75) is 45.1 Å². The zero-order chi connectivity index (χ0) is 26.2. The van der Waals surface area contributed by atoms with E-state index in [0.29, 0.717) is 24.8 Å². The molecule has 0 radical (unpaired) electrons. The Balaban J connectivity index is 1.38.